The van der Waals surface area contributed by atoms with E-state index >= 15 is 4.79 Å². The van der Waals surface area contributed by atoms with E-state index in [4.69, 9.17) is 9.47 Å². The minimum absolute atomic E-state index is 0.000973. The Morgan fingerprint density at radius 1 is 1.00 bits per heavy atom. The smallest absolute Gasteiger partial charge is 0.425 e. The van der Waals surface area contributed by atoms with Gasteiger partial charge in [-0.3, -0.25) is 19.4 Å². The van der Waals surface area contributed by atoms with Crippen LogP contribution >= 0.6 is 11.3 Å². The van der Waals surface area contributed by atoms with Crippen molar-refractivity contribution in [3.05, 3.63) is 75.7 Å². The highest BCUT2D eigenvalue weighted by Gasteiger charge is 2.57. The number of nitrogens with zero attached hydrogens (tertiary/aromatic N) is 4. The van der Waals surface area contributed by atoms with Crippen LogP contribution in [0.1, 0.15) is 97.5 Å². The van der Waals surface area contributed by atoms with Crippen molar-refractivity contribution in [2.75, 3.05) is 26.2 Å². The lowest BCUT2D eigenvalue weighted by Crippen LogP contribution is -2.68. The number of carbonyl (C=O) groups excluding carboxylic acids is 2. The summed E-state index contributed by atoms with van der Waals surface area (Å²) in [5.41, 5.74) is -5.35. The van der Waals surface area contributed by atoms with Crippen molar-refractivity contribution in [2.24, 2.45) is 5.41 Å². The van der Waals surface area contributed by atoms with Gasteiger partial charge in [0.05, 0.1) is 40.7 Å². The third kappa shape index (κ3) is 8.15. The molecule has 2 aliphatic heterocycles. The Hall–Kier alpha value is -4.85. The van der Waals surface area contributed by atoms with E-state index in [0.29, 0.717) is 54.4 Å². The zero-order valence-corrected chi connectivity index (χ0v) is 31.9. The molecule has 2 saturated heterocycles. The molecule has 57 heavy (non-hydrogen) atoms. The number of likely N-dealkylation sites (tertiary alicyclic amines) is 2. The lowest BCUT2D eigenvalue weighted by atomic mass is 9.67. The number of aliphatic carboxylic acids is 1. The van der Waals surface area contributed by atoms with Gasteiger partial charge in [-0.1, -0.05) is 38.0 Å². The first kappa shape index (κ1) is 41.8. The van der Waals surface area contributed by atoms with Crippen LogP contribution in [0.15, 0.2) is 54.2 Å². The number of amides is 2. The first-order valence-corrected chi connectivity index (χ1v) is 19.7. The molecule has 2 aromatic heterocycles. The SMILES string of the molecule is CCC[C@H]1N(C(=O)c2cnccc2C(F)(F)F)CCC[C@@]1(Oc1csc(C(F)(F)F)c1)C(=O)N1CCC(C#N)(c2ccccc2OCCC2(C(=O)O)CCC2)CC1. The Bertz CT molecular complexity index is 2000. The molecular formula is C40H42F6N4O6S. The van der Waals surface area contributed by atoms with Crippen molar-refractivity contribution >= 4 is 29.1 Å². The van der Waals surface area contributed by atoms with Crippen molar-refractivity contribution in [3.63, 3.8) is 0 Å². The maximum absolute atomic E-state index is 15.0. The summed E-state index contributed by atoms with van der Waals surface area (Å²) in [6.07, 6.45) is -4.98. The molecule has 2 atom stereocenters. The average Bonchev–Trinajstić information content (AvgIpc) is 3.65. The Morgan fingerprint density at radius 3 is 2.32 bits per heavy atom. The van der Waals surface area contributed by atoms with E-state index in [0.717, 1.165) is 35.2 Å². The van der Waals surface area contributed by atoms with Crippen LogP contribution in [0.3, 0.4) is 0 Å². The summed E-state index contributed by atoms with van der Waals surface area (Å²) in [5.74, 6) is -2.42. The largest absolute Gasteiger partial charge is 0.493 e. The Balaban J connectivity index is 1.31. The number of hydrogen-bond acceptors (Lipinski definition) is 8. The van der Waals surface area contributed by atoms with Crippen molar-refractivity contribution in [1.29, 1.82) is 5.26 Å². The van der Waals surface area contributed by atoms with Gasteiger partial charge in [0.15, 0.2) is 0 Å². The lowest BCUT2D eigenvalue weighted by molar-refractivity contribution is -0.160. The van der Waals surface area contributed by atoms with E-state index in [9.17, 15) is 46.3 Å². The van der Waals surface area contributed by atoms with E-state index in [1.807, 2.05) is 0 Å². The summed E-state index contributed by atoms with van der Waals surface area (Å²) in [6.45, 7) is 1.82. The van der Waals surface area contributed by atoms with Crippen LogP contribution in [0, 0.1) is 16.7 Å². The van der Waals surface area contributed by atoms with Gasteiger partial charge in [-0.15, -0.1) is 11.3 Å². The van der Waals surface area contributed by atoms with E-state index in [1.54, 1.807) is 31.2 Å². The van der Waals surface area contributed by atoms with Gasteiger partial charge < -0.3 is 24.4 Å². The standard InChI is InChI=1S/C40H42F6N4O6S/c1-2-7-31-38(56-26-22-32(57-24-26)40(44,45)46,13-6-18-50(31)33(51)27-23-48-17-10-28(27)39(41,42)43)34(52)49-19-14-37(25-47,15-20-49)29-8-3-4-9-30(29)55-21-16-36(35(53)54)11-5-12-36/h3-4,8-10,17,22-24,31H,2,5-7,11-16,18-21H2,1H3,(H,53,54)/t31-,38+/m1/s1. The molecule has 0 spiro atoms. The number of thiophene rings is 1. The van der Waals surface area contributed by atoms with Crippen LogP contribution in [-0.4, -0.2) is 75.6 Å². The predicted molar refractivity (Wildman–Crippen MR) is 194 cm³/mol. The minimum Gasteiger partial charge on any atom is -0.493 e. The Kier molecular flexibility index (Phi) is 11.9. The van der Waals surface area contributed by atoms with Gasteiger partial charge in [-0.2, -0.15) is 31.6 Å². The molecule has 2 amide bonds. The molecule has 0 radical (unpaired) electrons. The number of carboxylic acid groups (broad SMARTS) is 1. The van der Waals surface area contributed by atoms with E-state index < -0.39 is 68.6 Å². The van der Waals surface area contributed by atoms with E-state index in [2.05, 4.69) is 11.1 Å². The van der Waals surface area contributed by atoms with E-state index in [1.165, 1.54) is 4.90 Å². The second-order valence-electron chi connectivity index (χ2n) is 15.0. The zero-order chi connectivity index (χ0) is 41.2. The van der Waals surface area contributed by atoms with Crippen LogP contribution in [0.25, 0.3) is 0 Å². The number of nitriles is 1. The number of para-hydroxylation sites is 1. The monoisotopic (exact) mass is 820 g/mol. The summed E-state index contributed by atoms with van der Waals surface area (Å²) < 4.78 is 95.9. The molecule has 1 saturated carbocycles. The number of rotatable bonds is 12. The third-order valence-corrected chi connectivity index (χ3v) is 12.6. The number of ether oxygens (including phenoxy) is 2. The van der Waals surface area contributed by atoms with Gasteiger partial charge in [0.2, 0.25) is 5.60 Å². The summed E-state index contributed by atoms with van der Waals surface area (Å²) in [4.78, 5) is 46.4. The molecule has 3 aromatic rings. The van der Waals surface area contributed by atoms with Crippen LogP contribution < -0.4 is 9.47 Å². The molecule has 3 fully saturated rings. The number of pyridine rings is 1. The number of carboxylic acids is 1. The maximum Gasteiger partial charge on any atom is 0.425 e. The molecule has 4 heterocycles. The van der Waals surface area contributed by atoms with Gasteiger partial charge in [0.25, 0.3) is 11.8 Å². The minimum atomic E-state index is -4.90. The second-order valence-corrected chi connectivity index (χ2v) is 15.9. The van der Waals surface area contributed by atoms with Gasteiger partial charge in [-0.25, -0.2) is 0 Å². The molecule has 1 aliphatic carbocycles. The van der Waals surface area contributed by atoms with Crippen molar-refractivity contribution in [1.82, 2.24) is 14.8 Å². The average molecular weight is 821 g/mol. The van der Waals surface area contributed by atoms with Crippen LogP contribution in [0.5, 0.6) is 11.5 Å². The molecule has 17 heteroatoms. The summed E-state index contributed by atoms with van der Waals surface area (Å²) >= 11 is 0.363. The molecule has 0 unspecified atom stereocenters. The second kappa shape index (κ2) is 16.2. The van der Waals surface area contributed by atoms with Crippen LogP contribution in [0.2, 0.25) is 0 Å². The van der Waals surface area contributed by atoms with Crippen molar-refractivity contribution < 1.29 is 55.3 Å². The number of halogens is 6. The van der Waals surface area contributed by atoms with Gasteiger partial charge in [0, 0.05) is 55.5 Å². The maximum atomic E-state index is 15.0. The van der Waals surface area contributed by atoms with Crippen molar-refractivity contribution in [3.8, 4) is 17.6 Å². The molecule has 6 rings (SSSR count). The molecule has 10 nitrogen and oxygen atoms in total. The number of carbonyl (C=O) groups is 3. The molecule has 3 aliphatic rings. The quantitative estimate of drug-likeness (QED) is 0.180. The Morgan fingerprint density at radius 2 is 1.72 bits per heavy atom. The van der Waals surface area contributed by atoms with Crippen molar-refractivity contribution in [2.45, 2.75) is 101 Å². The number of hydrogen-bond donors (Lipinski definition) is 1. The zero-order valence-electron chi connectivity index (χ0n) is 31.1. The van der Waals surface area contributed by atoms with Gasteiger partial charge >= 0.3 is 18.3 Å². The third-order valence-electron chi connectivity index (χ3n) is 11.7. The normalized spacial score (nSPS) is 21.9. The summed E-state index contributed by atoms with van der Waals surface area (Å²) in [6, 6.07) is 9.62. The molecule has 0 bridgehead atoms. The first-order chi connectivity index (χ1) is 27.0. The number of aromatic nitrogens is 1. The summed E-state index contributed by atoms with van der Waals surface area (Å²) in [5, 5.41) is 21.5. The van der Waals surface area contributed by atoms with Crippen LogP contribution in [-0.2, 0) is 27.4 Å². The molecule has 1 aromatic carbocycles. The highest BCUT2D eigenvalue weighted by molar-refractivity contribution is 7.10. The highest BCUT2D eigenvalue weighted by atomic mass is 32.1. The number of piperidine rings is 2. The molecule has 1 N–H and O–H groups in total. The number of alkyl halides is 6. The van der Waals surface area contributed by atoms with E-state index in [-0.39, 0.29) is 64.1 Å². The van der Waals surface area contributed by atoms with Gasteiger partial charge in [0.1, 0.15) is 16.4 Å². The van der Waals surface area contributed by atoms with Crippen LogP contribution in [0.4, 0.5) is 26.3 Å². The summed E-state index contributed by atoms with van der Waals surface area (Å²) in [7, 11) is 0. The molecular weight excluding hydrogens is 779 g/mol. The topological polar surface area (TPSA) is 133 Å². The fourth-order valence-electron chi connectivity index (χ4n) is 8.42. The Labute approximate surface area is 329 Å². The predicted octanol–water partition coefficient (Wildman–Crippen LogP) is 8.51. The highest BCUT2D eigenvalue weighted by Crippen LogP contribution is 2.47. The number of benzene rings is 1. The fraction of sp³-hybridized carbons (Fsp3) is 0.525. The lowest BCUT2D eigenvalue weighted by Gasteiger charge is -2.51. The fourth-order valence-corrected chi connectivity index (χ4v) is 9.10. The van der Waals surface area contributed by atoms with Gasteiger partial charge in [-0.05, 0) is 57.1 Å². The molecule has 306 valence electrons. The first-order valence-electron chi connectivity index (χ1n) is 18.8.